The van der Waals surface area contributed by atoms with Crippen LogP contribution in [0.1, 0.15) is 35.3 Å². The van der Waals surface area contributed by atoms with E-state index >= 15 is 0 Å². The smallest absolute Gasteiger partial charge is 0.460 e. The number of carbonyl (C=O) groups excluding carboxylic acids is 1. The minimum atomic E-state index is -7.34. The summed E-state index contributed by atoms with van der Waals surface area (Å²) in [5.41, 5.74) is -5.14. The standard InChI is InChI=1S/C20H10F12N4O3/c21-16(22,18(26,27)19(28,29)20(30,31)32)14(38)34-6-9-4-11(34)12-13(37)36(15(39)35(9)12)8-2-1-7(5-33)10(3-8)17(23,24)25/h1-3,9,11,37H,4,6H2. The third kappa shape index (κ3) is 3.66. The third-order valence-corrected chi connectivity index (χ3v) is 6.42. The van der Waals surface area contributed by atoms with Crippen LogP contribution in [-0.4, -0.2) is 55.5 Å². The predicted octanol–water partition coefficient (Wildman–Crippen LogP) is 4.53. The molecule has 1 amide bonds. The lowest BCUT2D eigenvalue weighted by Crippen LogP contribution is -2.65. The second-order valence-corrected chi connectivity index (χ2v) is 8.62. The first-order valence-electron chi connectivity index (χ1n) is 10.3. The molecule has 2 aliphatic heterocycles. The van der Waals surface area contributed by atoms with Crippen LogP contribution in [0.4, 0.5) is 52.7 Å². The summed E-state index contributed by atoms with van der Waals surface area (Å²) in [7, 11) is 0. The highest BCUT2D eigenvalue weighted by molar-refractivity contribution is 5.86. The summed E-state index contributed by atoms with van der Waals surface area (Å²) in [6.07, 6.45) is -12.8. The van der Waals surface area contributed by atoms with E-state index in [0.717, 1.165) is 6.07 Å². The van der Waals surface area contributed by atoms with Crippen molar-refractivity contribution in [2.75, 3.05) is 6.54 Å². The molecule has 4 rings (SSSR count). The minimum Gasteiger partial charge on any atom is -0.493 e. The second-order valence-electron chi connectivity index (χ2n) is 8.62. The number of fused-ring (bicyclic) bond motifs is 5. The van der Waals surface area contributed by atoms with Crippen LogP contribution in [0.5, 0.6) is 5.88 Å². The average Bonchev–Trinajstić information content (AvgIpc) is 3.47. The second kappa shape index (κ2) is 8.08. The molecule has 2 aliphatic rings. The summed E-state index contributed by atoms with van der Waals surface area (Å²) in [6, 6.07) is -0.323. The molecule has 2 aromatic rings. The Bertz CT molecular complexity index is 1460. The van der Waals surface area contributed by atoms with Crippen LogP contribution in [0, 0.1) is 11.3 Å². The first kappa shape index (κ1) is 28.2. The van der Waals surface area contributed by atoms with E-state index < -0.39 is 95.2 Å². The Labute approximate surface area is 207 Å². The first-order chi connectivity index (χ1) is 17.6. The number of nitriles is 1. The number of imidazole rings is 1. The molecule has 19 heteroatoms. The van der Waals surface area contributed by atoms with E-state index in [2.05, 4.69) is 0 Å². The van der Waals surface area contributed by atoms with Crippen LogP contribution in [0.3, 0.4) is 0 Å². The molecule has 1 aromatic carbocycles. The largest absolute Gasteiger partial charge is 0.493 e. The van der Waals surface area contributed by atoms with E-state index in [1.165, 1.54) is 6.07 Å². The number of alkyl halides is 12. The normalized spacial score (nSPS) is 19.8. The number of benzene rings is 1. The van der Waals surface area contributed by atoms with Crippen LogP contribution >= 0.6 is 0 Å². The number of hydrogen-bond acceptors (Lipinski definition) is 4. The maximum Gasteiger partial charge on any atom is 0.460 e. The molecule has 1 N–H and O–H groups in total. The van der Waals surface area contributed by atoms with Gasteiger partial charge in [0.15, 0.2) is 0 Å². The molecule has 0 saturated carbocycles. The van der Waals surface area contributed by atoms with Crippen LogP contribution < -0.4 is 5.69 Å². The third-order valence-electron chi connectivity index (χ3n) is 6.42. The summed E-state index contributed by atoms with van der Waals surface area (Å²) in [6.45, 7) is -1.07. The Kier molecular flexibility index (Phi) is 5.84. The highest BCUT2D eigenvalue weighted by Crippen LogP contribution is 2.56. The van der Waals surface area contributed by atoms with Gasteiger partial charge in [0.2, 0.25) is 5.88 Å². The molecule has 0 radical (unpaired) electrons. The van der Waals surface area contributed by atoms with Crippen molar-refractivity contribution in [3.63, 3.8) is 0 Å². The Hall–Kier alpha value is -3.85. The summed E-state index contributed by atoms with van der Waals surface area (Å²) in [5.74, 6) is -25.6. The Morgan fingerprint density at radius 2 is 1.56 bits per heavy atom. The van der Waals surface area contributed by atoms with Gasteiger partial charge < -0.3 is 10.0 Å². The Morgan fingerprint density at radius 3 is 2.08 bits per heavy atom. The Morgan fingerprint density at radius 1 is 0.974 bits per heavy atom. The molecule has 0 spiro atoms. The number of carbonyl (C=O) groups is 1. The number of aromatic nitrogens is 2. The van der Waals surface area contributed by atoms with Gasteiger partial charge in [0.25, 0.3) is 0 Å². The topological polar surface area (TPSA) is 91.3 Å². The maximum atomic E-state index is 14.3. The van der Waals surface area contributed by atoms with Crippen molar-refractivity contribution in [1.29, 1.82) is 5.26 Å². The zero-order valence-electron chi connectivity index (χ0n) is 18.4. The van der Waals surface area contributed by atoms with Gasteiger partial charge in [-0.3, -0.25) is 9.36 Å². The average molecular weight is 582 g/mol. The van der Waals surface area contributed by atoms with Gasteiger partial charge in [-0.25, -0.2) is 9.36 Å². The lowest BCUT2D eigenvalue weighted by molar-refractivity contribution is -0.389. The monoisotopic (exact) mass is 582 g/mol. The molecule has 1 saturated heterocycles. The van der Waals surface area contributed by atoms with Gasteiger partial charge in [0, 0.05) is 6.54 Å². The van der Waals surface area contributed by atoms with E-state index in [1.807, 2.05) is 0 Å². The number of rotatable bonds is 4. The van der Waals surface area contributed by atoms with E-state index in [-0.39, 0.29) is 15.5 Å². The van der Waals surface area contributed by atoms with Crippen LogP contribution in [0.2, 0.25) is 0 Å². The van der Waals surface area contributed by atoms with Crippen molar-refractivity contribution >= 4 is 5.91 Å². The predicted molar refractivity (Wildman–Crippen MR) is 100 cm³/mol. The molecule has 1 fully saturated rings. The van der Waals surface area contributed by atoms with Gasteiger partial charge in [-0.1, -0.05) is 0 Å². The molecular weight excluding hydrogens is 572 g/mol. The molecule has 212 valence electrons. The number of hydrogen-bond donors (Lipinski definition) is 1. The van der Waals surface area contributed by atoms with Crippen molar-refractivity contribution in [2.45, 2.75) is 48.6 Å². The molecule has 0 aliphatic carbocycles. The van der Waals surface area contributed by atoms with Crippen molar-refractivity contribution in [3.8, 4) is 17.6 Å². The molecule has 1 aromatic heterocycles. The highest BCUT2D eigenvalue weighted by atomic mass is 19.4. The lowest BCUT2D eigenvalue weighted by Gasteiger charge is -2.36. The fourth-order valence-corrected chi connectivity index (χ4v) is 4.60. The van der Waals surface area contributed by atoms with Crippen molar-refractivity contribution in [2.24, 2.45) is 0 Å². The van der Waals surface area contributed by atoms with Crippen molar-refractivity contribution in [1.82, 2.24) is 14.0 Å². The van der Waals surface area contributed by atoms with Gasteiger partial charge in [-0.2, -0.15) is 57.9 Å². The maximum absolute atomic E-state index is 14.3. The quantitative estimate of drug-likeness (QED) is 0.537. The Balaban J connectivity index is 1.77. The highest BCUT2D eigenvalue weighted by Gasteiger charge is 2.84. The molecular formula is C20H10F12N4O3. The lowest BCUT2D eigenvalue weighted by atomic mass is 10.0. The van der Waals surface area contributed by atoms with Crippen LogP contribution in [0.25, 0.3) is 5.69 Å². The zero-order chi connectivity index (χ0) is 29.7. The van der Waals surface area contributed by atoms with Gasteiger partial charge >= 0.3 is 41.7 Å². The van der Waals surface area contributed by atoms with Gasteiger partial charge in [0.05, 0.1) is 35.0 Å². The first-order valence-corrected chi connectivity index (χ1v) is 10.3. The number of likely N-dealkylation sites (tertiary alicyclic amines) is 1. The SMILES string of the molecule is N#Cc1ccc(-n2c(O)c3n(c2=O)C2CC3N(C(=O)C(F)(F)C(F)(F)C(F)(F)C(F)(F)F)C2)cc1C(F)(F)F. The fourth-order valence-electron chi connectivity index (χ4n) is 4.60. The molecule has 2 bridgehead atoms. The molecule has 2 atom stereocenters. The molecule has 3 heterocycles. The van der Waals surface area contributed by atoms with E-state index in [9.17, 15) is 67.4 Å². The molecule has 7 nitrogen and oxygen atoms in total. The number of amides is 1. The summed E-state index contributed by atoms with van der Waals surface area (Å²) >= 11 is 0. The van der Waals surface area contributed by atoms with Crippen molar-refractivity contribution in [3.05, 3.63) is 45.5 Å². The number of aromatic hydroxyl groups is 1. The van der Waals surface area contributed by atoms with Crippen LogP contribution in [0.15, 0.2) is 23.0 Å². The van der Waals surface area contributed by atoms with Crippen molar-refractivity contribution < 1.29 is 62.6 Å². The van der Waals surface area contributed by atoms with Gasteiger partial charge in [0.1, 0.15) is 5.69 Å². The number of halogens is 12. The number of nitrogens with zero attached hydrogens (tertiary/aromatic N) is 4. The van der Waals surface area contributed by atoms with E-state index in [1.54, 1.807) is 0 Å². The van der Waals surface area contributed by atoms with E-state index in [0.29, 0.717) is 10.6 Å². The summed E-state index contributed by atoms with van der Waals surface area (Å²) in [5, 5.41) is 19.5. The molecule has 2 unspecified atom stereocenters. The van der Waals surface area contributed by atoms with E-state index in [4.69, 9.17) is 5.26 Å². The minimum absolute atomic E-state index is 0.218. The summed E-state index contributed by atoms with van der Waals surface area (Å²) < 4.78 is 161. The zero-order valence-corrected chi connectivity index (χ0v) is 18.4. The van der Waals surface area contributed by atoms with Gasteiger partial charge in [-0.15, -0.1) is 0 Å². The molecule has 39 heavy (non-hydrogen) atoms. The van der Waals surface area contributed by atoms with Crippen LogP contribution in [-0.2, 0) is 11.0 Å². The fraction of sp³-hybridized carbons (Fsp3) is 0.450. The van der Waals surface area contributed by atoms with Gasteiger partial charge in [-0.05, 0) is 24.6 Å². The summed E-state index contributed by atoms with van der Waals surface area (Å²) in [4.78, 5) is 24.9.